The van der Waals surface area contributed by atoms with Crippen molar-refractivity contribution in [3.8, 4) is 0 Å². The molecule has 3 heterocycles. The summed E-state index contributed by atoms with van der Waals surface area (Å²) in [5, 5.41) is 34.6. The molecule has 0 saturated carbocycles. The normalized spacial score (nSPS) is 22.3. The Morgan fingerprint density at radius 1 is 1.27 bits per heavy atom. The first-order valence-electron chi connectivity index (χ1n) is 7.34. The number of carboxylic acids is 2. The summed E-state index contributed by atoms with van der Waals surface area (Å²) in [4.78, 5) is 31.1. The predicted molar refractivity (Wildman–Crippen MR) is 85.8 cm³/mol. The summed E-state index contributed by atoms with van der Waals surface area (Å²) in [5.74, 6) is -2.23. The van der Waals surface area contributed by atoms with E-state index in [0.717, 1.165) is 0 Å². The quantitative estimate of drug-likeness (QED) is 0.406. The van der Waals surface area contributed by atoms with E-state index in [1.165, 1.54) is 12.7 Å². The molecule has 0 aromatic carbocycles. The Morgan fingerprint density at radius 2 is 1.92 bits per heavy atom. The van der Waals surface area contributed by atoms with Crippen LogP contribution in [0.1, 0.15) is 12.6 Å². The molecule has 0 amide bonds. The van der Waals surface area contributed by atoms with Crippen LogP contribution in [0, 0.1) is 0 Å². The van der Waals surface area contributed by atoms with Crippen molar-refractivity contribution in [2.75, 3.05) is 12.3 Å². The molecule has 1 saturated heterocycles. The van der Waals surface area contributed by atoms with E-state index in [4.69, 9.17) is 25.8 Å². The lowest BCUT2D eigenvalue weighted by molar-refractivity contribution is -0.134. The number of nitrogens with zero attached hydrogens (tertiary/aromatic N) is 4. The molecule has 1 fully saturated rings. The van der Waals surface area contributed by atoms with Gasteiger partial charge in [-0.25, -0.2) is 24.5 Å². The SMILES string of the molecule is Nc1ncnc2c1ncn2[C@@H]1O[C@H](CO)C[C@H]1O.O=C(O)/C=C\C(=O)O. The molecule has 0 radical (unpaired) electrons. The van der Waals surface area contributed by atoms with Gasteiger partial charge in [0, 0.05) is 18.6 Å². The number of hydrogen-bond donors (Lipinski definition) is 5. The highest BCUT2D eigenvalue weighted by molar-refractivity contribution is 5.89. The van der Waals surface area contributed by atoms with Crippen LogP contribution < -0.4 is 5.73 Å². The molecule has 0 aliphatic carbocycles. The largest absolute Gasteiger partial charge is 0.478 e. The van der Waals surface area contributed by atoms with Crippen molar-refractivity contribution in [3.63, 3.8) is 0 Å². The minimum absolute atomic E-state index is 0.128. The topological polar surface area (TPSA) is 194 Å². The number of hydrogen-bond acceptors (Lipinski definition) is 9. The molecule has 1 aliphatic heterocycles. The van der Waals surface area contributed by atoms with Crippen LogP contribution in [0.2, 0.25) is 0 Å². The van der Waals surface area contributed by atoms with E-state index in [2.05, 4.69) is 15.0 Å². The fourth-order valence-electron chi connectivity index (χ4n) is 2.30. The molecule has 140 valence electrons. The van der Waals surface area contributed by atoms with Gasteiger partial charge in [0.25, 0.3) is 0 Å². The van der Waals surface area contributed by atoms with E-state index >= 15 is 0 Å². The molecule has 3 atom stereocenters. The van der Waals surface area contributed by atoms with Gasteiger partial charge in [0.15, 0.2) is 17.7 Å². The number of carbonyl (C=O) groups is 2. The van der Waals surface area contributed by atoms with Gasteiger partial charge < -0.3 is 30.9 Å². The molecule has 0 spiro atoms. The van der Waals surface area contributed by atoms with Gasteiger partial charge in [-0.1, -0.05) is 0 Å². The Kier molecular flexibility index (Phi) is 6.16. The number of carboxylic acid groups (broad SMARTS) is 2. The van der Waals surface area contributed by atoms with Gasteiger partial charge in [0.05, 0.1) is 19.0 Å². The Labute approximate surface area is 146 Å². The number of nitrogen functional groups attached to an aromatic ring is 1. The first-order valence-corrected chi connectivity index (χ1v) is 7.34. The Morgan fingerprint density at radius 3 is 2.46 bits per heavy atom. The number of aliphatic carboxylic acids is 2. The number of nitrogens with two attached hydrogens (primary N) is 1. The summed E-state index contributed by atoms with van der Waals surface area (Å²) in [6.07, 6.45) is 2.63. The van der Waals surface area contributed by atoms with Gasteiger partial charge in [0.1, 0.15) is 17.9 Å². The lowest BCUT2D eigenvalue weighted by Crippen LogP contribution is -2.19. The lowest BCUT2D eigenvalue weighted by atomic mass is 10.2. The monoisotopic (exact) mass is 367 g/mol. The maximum atomic E-state index is 9.93. The van der Waals surface area contributed by atoms with E-state index in [1.807, 2.05) is 0 Å². The van der Waals surface area contributed by atoms with Crippen molar-refractivity contribution in [1.82, 2.24) is 19.5 Å². The molecular formula is C14H17N5O7. The van der Waals surface area contributed by atoms with E-state index < -0.39 is 24.3 Å². The Hall–Kier alpha value is -3.09. The fourth-order valence-corrected chi connectivity index (χ4v) is 2.30. The van der Waals surface area contributed by atoms with E-state index in [9.17, 15) is 14.7 Å². The Bertz CT molecular complexity index is 805. The molecule has 2 aromatic heterocycles. The van der Waals surface area contributed by atoms with Crippen LogP contribution in [0.3, 0.4) is 0 Å². The average Bonchev–Trinajstić information content (AvgIpc) is 3.17. The van der Waals surface area contributed by atoms with Gasteiger partial charge in [-0.15, -0.1) is 0 Å². The molecule has 0 bridgehead atoms. The fraction of sp³-hybridized carbons (Fsp3) is 0.357. The first kappa shape index (κ1) is 19.2. The Balaban J connectivity index is 0.000000260. The minimum atomic E-state index is -1.26. The van der Waals surface area contributed by atoms with Crippen LogP contribution in [0.5, 0.6) is 0 Å². The van der Waals surface area contributed by atoms with Gasteiger partial charge in [-0.3, -0.25) is 4.57 Å². The second kappa shape index (κ2) is 8.33. The summed E-state index contributed by atoms with van der Waals surface area (Å²) >= 11 is 0. The van der Waals surface area contributed by atoms with Crippen LogP contribution in [-0.2, 0) is 14.3 Å². The summed E-state index contributed by atoms with van der Waals surface area (Å²) in [5.41, 5.74) is 6.66. The zero-order chi connectivity index (χ0) is 19.3. The summed E-state index contributed by atoms with van der Waals surface area (Å²) in [6, 6.07) is 0. The van der Waals surface area contributed by atoms with Crippen LogP contribution in [0.4, 0.5) is 5.82 Å². The van der Waals surface area contributed by atoms with E-state index in [1.54, 1.807) is 4.57 Å². The third kappa shape index (κ3) is 4.50. The van der Waals surface area contributed by atoms with Crippen molar-refractivity contribution < 1.29 is 34.8 Å². The zero-order valence-corrected chi connectivity index (χ0v) is 13.3. The van der Waals surface area contributed by atoms with E-state index in [-0.39, 0.29) is 18.5 Å². The molecule has 1 aliphatic rings. The molecule has 6 N–H and O–H groups in total. The molecular weight excluding hydrogens is 350 g/mol. The lowest BCUT2D eigenvalue weighted by Gasteiger charge is -2.16. The number of anilines is 1. The highest BCUT2D eigenvalue weighted by atomic mass is 16.5. The van der Waals surface area contributed by atoms with Crippen molar-refractivity contribution in [2.24, 2.45) is 0 Å². The smallest absolute Gasteiger partial charge is 0.328 e. The highest BCUT2D eigenvalue weighted by Gasteiger charge is 2.35. The molecule has 3 rings (SSSR count). The third-order valence-electron chi connectivity index (χ3n) is 3.40. The number of aliphatic hydroxyl groups excluding tert-OH is 2. The van der Waals surface area contributed by atoms with E-state index in [0.29, 0.717) is 29.7 Å². The first-order chi connectivity index (χ1) is 12.3. The molecule has 2 aromatic rings. The molecule has 0 unspecified atom stereocenters. The van der Waals surface area contributed by atoms with Crippen LogP contribution in [0.25, 0.3) is 11.2 Å². The maximum absolute atomic E-state index is 9.93. The number of ether oxygens (including phenoxy) is 1. The molecule has 26 heavy (non-hydrogen) atoms. The highest BCUT2D eigenvalue weighted by Crippen LogP contribution is 2.31. The molecule has 12 nitrogen and oxygen atoms in total. The number of fused-ring (bicyclic) bond motifs is 1. The van der Waals surface area contributed by atoms with Crippen LogP contribution in [-0.4, -0.2) is 70.7 Å². The second-order valence-electron chi connectivity index (χ2n) is 5.23. The number of aromatic nitrogens is 4. The van der Waals surface area contributed by atoms with Gasteiger partial charge >= 0.3 is 11.9 Å². The van der Waals surface area contributed by atoms with Gasteiger partial charge in [-0.2, -0.15) is 0 Å². The van der Waals surface area contributed by atoms with Crippen molar-refractivity contribution in [3.05, 3.63) is 24.8 Å². The van der Waals surface area contributed by atoms with Crippen molar-refractivity contribution in [2.45, 2.75) is 24.9 Å². The van der Waals surface area contributed by atoms with Gasteiger partial charge in [-0.05, 0) is 0 Å². The molecule has 12 heteroatoms. The zero-order valence-electron chi connectivity index (χ0n) is 13.3. The van der Waals surface area contributed by atoms with Crippen molar-refractivity contribution in [1.29, 1.82) is 0 Å². The summed E-state index contributed by atoms with van der Waals surface area (Å²) in [6.45, 7) is -0.128. The van der Waals surface area contributed by atoms with Crippen LogP contribution >= 0.6 is 0 Å². The van der Waals surface area contributed by atoms with Crippen molar-refractivity contribution >= 4 is 28.9 Å². The number of imidazole rings is 1. The summed E-state index contributed by atoms with van der Waals surface area (Å²) < 4.78 is 7.14. The number of rotatable bonds is 4. The average molecular weight is 367 g/mol. The standard InChI is InChI=1S/C10H13N5O3.C4H4O4/c11-8-7-9(13-3-12-8)15(4-14-7)10-6(17)1-5(2-16)18-10;5-3(6)1-2-4(7)8/h3-6,10,16-17H,1-2H2,(H2,11,12,13);1-2H,(H,5,6)(H,7,8)/b;2-1-/t5-,6+,10+;/m0./s1. The summed E-state index contributed by atoms with van der Waals surface area (Å²) in [7, 11) is 0. The predicted octanol–water partition coefficient (Wildman–Crippen LogP) is -1.24. The minimum Gasteiger partial charge on any atom is -0.478 e. The van der Waals surface area contributed by atoms with Gasteiger partial charge in [0.2, 0.25) is 0 Å². The third-order valence-corrected chi connectivity index (χ3v) is 3.40. The number of aliphatic hydroxyl groups is 2. The van der Waals surface area contributed by atoms with Crippen LogP contribution in [0.15, 0.2) is 24.8 Å². The second-order valence-corrected chi connectivity index (χ2v) is 5.23. The maximum Gasteiger partial charge on any atom is 0.328 e.